The lowest BCUT2D eigenvalue weighted by molar-refractivity contribution is 0.299. The summed E-state index contributed by atoms with van der Waals surface area (Å²) in [7, 11) is 0. The number of benzene rings is 2. The Morgan fingerprint density at radius 3 is 1.87 bits per heavy atom. The molecule has 0 saturated heterocycles. The summed E-state index contributed by atoms with van der Waals surface area (Å²) in [5.74, 6) is 2.00. The van der Waals surface area contributed by atoms with E-state index in [9.17, 15) is 8.78 Å². The highest BCUT2D eigenvalue weighted by Crippen LogP contribution is 2.39. The predicted octanol–water partition coefficient (Wildman–Crippen LogP) is 12.8. The van der Waals surface area contributed by atoms with E-state index >= 15 is 0 Å². The van der Waals surface area contributed by atoms with Gasteiger partial charge in [-0.3, -0.25) is 0 Å². The highest BCUT2D eigenvalue weighted by Gasteiger charge is 2.24. The number of halogens is 4. The Kier molecular flexibility index (Phi) is 14.1. The van der Waals surface area contributed by atoms with E-state index in [0.717, 1.165) is 57.6 Å². The minimum Gasteiger partial charge on any atom is -0.207 e. The molecule has 2 aliphatic carbocycles. The first kappa shape index (κ1) is 31.5. The van der Waals surface area contributed by atoms with E-state index in [0.29, 0.717) is 5.92 Å². The number of hydrogen-bond donors (Lipinski definition) is 0. The summed E-state index contributed by atoms with van der Waals surface area (Å²) in [4.78, 5) is 0. The van der Waals surface area contributed by atoms with Crippen LogP contribution < -0.4 is 0 Å². The van der Waals surface area contributed by atoms with Gasteiger partial charge in [0.15, 0.2) is 0 Å². The summed E-state index contributed by atoms with van der Waals surface area (Å²) < 4.78 is 29.5. The Morgan fingerprint density at radius 2 is 1.32 bits per heavy atom. The van der Waals surface area contributed by atoms with Gasteiger partial charge in [-0.05, 0) is 98.1 Å². The van der Waals surface area contributed by atoms with Gasteiger partial charge >= 0.3 is 0 Å². The van der Waals surface area contributed by atoms with Crippen LogP contribution in [0.3, 0.4) is 0 Å². The zero-order valence-electron chi connectivity index (χ0n) is 23.4. The second-order valence-corrected chi connectivity index (χ2v) is 13.2. The van der Waals surface area contributed by atoms with E-state index in [1.165, 1.54) is 76.2 Å². The SMILES string of the molecule is CCCCCC1CC=C(c2ccc(Br)cc2F)CC1.CCCCCC1CCC(c2ccc(Br)cc2F)CC1. The number of allylic oxidation sites excluding steroid dienone is 2. The van der Waals surface area contributed by atoms with Gasteiger partial charge in [0.25, 0.3) is 0 Å². The van der Waals surface area contributed by atoms with Crippen LogP contribution in [0, 0.1) is 23.5 Å². The summed E-state index contributed by atoms with van der Waals surface area (Å²) in [5, 5.41) is 0. The Bertz CT molecular complexity index is 1010. The molecule has 0 N–H and O–H groups in total. The van der Waals surface area contributed by atoms with Gasteiger partial charge in [-0.25, -0.2) is 8.78 Å². The van der Waals surface area contributed by atoms with Crippen molar-refractivity contribution >= 4 is 37.4 Å². The normalized spacial score (nSPS) is 21.4. The number of hydrogen-bond acceptors (Lipinski definition) is 0. The molecule has 4 heteroatoms. The van der Waals surface area contributed by atoms with Crippen molar-refractivity contribution in [1.29, 1.82) is 0 Å². The molecule has 1 unspecified atom stereocenters. The third-order valence-electron chi connectivity index (χ3n) is 8.48. The molecular weight excluding hydrogens is 606 g/mol. The molecule has 0 aliphatic heterocycles. The van der Waals surface area contributed by atoms with Crippen molar-refractivity contribution in [3.63, 3.8) is 0 Å². The molecule has 4 rings (SSSR count). The molecule has 1 fully saturated rings. The fourth-order valence-corrected chi connectivity index (χ4v) is 6.77. The third-order valence-corrected chi connectivity index (χ3v) is 9.46. The summed E-state index contributed by atoms with van der Waals surface area (Å²) >= 11 is 6.63. The van der Waals surface area contributed by atoms with E-state index in [1.807, 2.05) is 24.3 Å². The van der Waals surface area contributed by atoms with Crippen LogP contribution in [0.5, 0.6) is 0 Å². The smallest absolute Gasteiger partial charge is 0.131 e. The van der Waals surface area contributed by atoms with E-state index in [-0.39, 0.29) is 11.6 Å². The summed E-state index contributed by atoms with van der Waals surface area (Å²) in [6.45, 7) is 4.50. The van der Waals surface area contributed by atoms with E-state index in [1.54, 1.807) is 12.1 Å². The second kappa shape index (κ2) is 17.0. The van der Waals surface area contributed by atoms with Gasteiger partial charge in [-0.15, -0.1) is 0 Å². The van der Waals surface area contributed by atoms with Crippen LogP contribution in [0.25, 0.3) is 5.57 Å². The number of rotatable bonds is 10. The molecule has 0 heterocycles. The summed E-state index contributed by atoms with van der Waals surface area (Å²) in [6.07, 6.45) is 21.2. The molecule has 0 radical (unpaired) electrons. The molecule has 1 saturated carbocycles. The Morgan fingerprint density at radius 1 is 0.711 bits per heavy atom. The Hall–Kier alpha value is -1.00. The largest absolute Gasteiger partial charge is 0.207 e. The molecule has 0 amide bonds. The first-order valence-electron chi connectivity index (χ1n) is 15.0. The number of unbranched alkanes of at least 4 members (excludes halogenated alkanes) is 4. The standard InChI is InChI=1S/C17H24BrF.C17H22BrF/c2*1-2-3-4-5-13-6-8-14(9-7-13)16-11-10-15(18)12-17(16)19/h10-14H,2-9H2,1H3;8,10-13H,2-7,9H2,1H3. The van der Waals surface area contributed by atoms with Crippen LogP contribution in [0.4, 0.5) is 8.78 Å². The average molecular weight is 653 g/mol. The van der Waals surface area contributed by atoms with E-state index in [4.69, 9.17) is 0 Å². The average Bonchev–Trinajstić information content (AvgIpc) is 2.91. The Balaban J connectivity index is 0.000000211. The highest BCUT2D eigenvalue weighted by atomic mass is 79.9. The predicted molar refractivity (Wildman–Crippen MR) is 167 cm³/mol. The molecule has 1 atom stereocenters. The van der Waals surface area contributed by atoms with Crippen LogP contribution in [0.15, 0.2) is 51.4 Å². The van der Waals surface area contributed by atoms with Gasteiger partial charge in [-0.1, -0.05) is 115 Å². The summed E-state index contributed by atoms with van der Waals surface area (Å²) in [6, 6.07) is 10.9. The van der Waals surface area contributed by atoms with Gasteiger partial charge in [0.1, 0.15) is 11.6 Å². The maximum absolute atomic E-state index is 14.0. The van der Waals surface area contributed by atoms with Crippen molar-refractivity contribution in [3.8, 4) is 0 Å². The maximum Gasteiger partial charge on any atom is 0.131 e. The fraction of sp³-hybridized carbons (Fsp3) is 0.588. The second-order valence-electron chi connectivity index (χ2n) is 11.4. The van der Waals surface area contributed by atoms with Gasteiger partial charge in [-0.2, -0.15) is 0 Å². The fourth-order valence-electron chi connectivity index (χ4n) is 6.11. The van der Waals surface area contributed by atoms with Crippen LogP contribution >= 0.6 is 31.9 Å². The minimum atomic E-state index is -0.106. The van der Waals surface area contributed by atoms with Crippen molar-refractivity contribution in [2.45, 2.75) is 116 Å². The lowest BCUT2D eigenvalue weighted by Crippen LogP contribution is -2.14. The van der Waals surface area contributed by atoms with Crippen LogP contribution in [-0.2, 0) is 0 Å². The van der Waals surface area contributed by atoms with Crippen molar-refractivity contribution in [2.75, 3.05) is 0 Å². The van der Waals surface area contributed by atoms with Gasteiger partial charge in [0.05, 0.1) is 0 Å². The van der Waals surface area contributed by atoms with Crippen molar-refractivity contribution < 1.29 is 8.78 Å². The third kappa shape index (κ3) is 10.2. The highest BCUT2D eigenvalue weighted by molar-refractivity contribution is 9.10. The van der Waals surface area contributed by atoms with Crippen molar-refractivity contribution in [3.05, 3.63) is 74.2 Å². The first-order valence-corrected chi connectivity index (χ1v) is 16.6. The van der Waals surface area contributed by atoms with Crippen molar-refractivity contribution in [2.24, 2.45) is 11.8 Å². The maximum atomic E-state index is 14.0. The topological polar surface area (TPSA) is 0 Å². The van der Waals surface area contributed by atoms with Crippen LogP contribution in [-0.4, -0.2) is 0 Å². The lowest BCUT2D eigenvalue weighted by Gasteiger charge is -2.29. The minimum absolute atomic E-state index is 0.0381. The molecular formula is C34H46Br2F2. The Labute approximate surface area is 247 Å². The molecule has 0 bridgehead atoms. The monoisotopic (exact) mass is 650 g/mol. The van der Waals surface area contributed by atoms with Crippen LogP contribution in [0.1, 0.15) is 127 Å². The summed E-state index contributed by atoms with van der Waals surface area (Å²) in [5.41, 5.74) is 2.90. The lowest BCUT2D eigenvalue weighted by atomic mass is 9.77. The zero-order chi connectivity index (χ0) is 27.3. The molecule has 0 aromatic heterocycles. The molecule has 2 aliphatic rings. The molecule has 38 heavy (non-hydrogen) atoms. The molecule has 210 valence electrons. The quantitative estimate of drug-likeness (QED) is 0.224. The molecule has 2 aromatic rings. The van der Waals surface area contributed by atoms with Gasteiger partial charge in [0.2, 0.25) is 0 Å². The van der Waals surface area contributed by atoms with E-state index < -0.39 is 0 Å². The van der Waals surface area contributed by atoms with Crippen LogP contribution in [0.2, 0.25) is 0 Å². The van der Waals surface area contributed by atoms with Gasteiger partial charge in [0, 0.05) is 14.5 Å². The zero-order valence-corrected chi connectivity index (χ0v) is 26.6. The molecule has 0 spiro atoms. The van der Waals surface area contributed by atoms with E-state index in [2.05, 4.69) is 51.8 Å². The van der Waals surface area contributed by atoms with Gasteiger partial charge < -0.3 is 0 Å². The molecule has 0 nitrogen and oxygen atoms in total. The van der Waals surface area contributed by atoms with Crippen molar-refractivity contribution in [1.82, 2.24) is 0 Å². The molecule has 2 aromatic carbocycles. The first-order chi connectivity index (χ1) is 18.4.